The Morgan fingerprint density at radius 1 is 1.17 bits per heavy atom. The zero-order chi connectivity index (χ0) is 19.8. The lowest BCUT2D eigenvalue weighted by Crippen LogP contribution is -2.49. The van der Waals surface area contributed by atoms with Gasteiger partial charge in [0.2, 0.25) is 0 Å². The number of anilines is 1. The highest BCUT2D eigenvalue weighted by atomic mass is 127. The van der Waals surface area contributed by atoms with E-state index in [0.717, 1.165) is 31.5 Å². The van der Waals surface area contributed by atoms with Gasteiger partial charge in [0.1, 0.15) is 0 Å². The van der Waals surface area contributed by atoms with Crippen molar-refractivity contribution in [2.45, 2.75) is 46.2 Å². The minimum Gasteiger partial charge on any atom is -0.364 e. The molecule has 5 nitrogen and oxygen atoms in total. The molecule has 2 heterocycles. The fourth-order valence-corrected chi connectivity index (χ4v) is 4.00. The second-order valence-electron chi connectivity index (χ2n) is 8.35. The third-order valence-electron chi connectivity index (χ3n) is 5.41. The predicted octanol–water partition coefficient (Wildman–Crippen LogP) is 3.86. The smallest absolute Gasteiger partial charge is 0.191 e. The monoisotopic (exact) mass is 511 g/mol. The molecule has 0 atom stereocenters. The Morgan fingerprint density at radius 3 is 2.55 bits per heavy atom. The second kappa shape index (κ2) is 12.4. The molecule has 0 unspecified atom stereocenters. The molecular formula is C23H38IN5. The van der Waals surface area contributed by atoms with Crippen LogP contribution in [0.2, 0.25) is 0 Å². The Hall–Kier alpha value is -1.28. The number of hydrogen-bond acceptors (Lipinski definition) is 3. The van der Waals surface area contributed by atoms with Crippen molar-refractivity contribution in [3.05, 3.63) is 42.0 Å². The van der Waals surface area contributed by atoms with Gasteiger partial charge in [-0.3, -0.25) is 0 Å². The van der Waals surface area contributed by atoms with Crippen LogP contribution in [0.5, 0.6) is 0 Å². The number of nitrogens with one attached hydrogen (secondary N) is 2. The van der Waals surface area contributed by atoms with Gasteiger partial charge in [-0.05, 0) is 43.4 Å². The minimum atomic E-state index is 0. The van der Waals surface area contributed by atoms with Crippen molar-refractivity contribution < 1.29 is 0 Å². The van der Waals surface area contributed by atoms with E-state index in [-0.39, 0.29) is 24.0 Å². The summed E-state index contributed by atoms with van der Waals surface area (Å²) in [5.41, 5.74) is 2.54. The van der Waals surface area contributed by atoms with Crippen molar-refractivity contribution in [3.8, 4) is 0 Å². The van der Waals surface area contributed by atoms with Crippen LogP contribution in [-0.2, 0) is 6.54 Å². The molecule has 2 aliphatic rings. The van der Waals surface area contributed by atoms with Crippen LogP contribution in [-0.4, -0.2) is 56.2 Å². The van der Waals surface area contributed by atoms with E-state index in [1.807, 2.05) is 0 Å². The van der Waals surface area contributed by atoms with Gasteiger partial charge in [-0.2, -0.15) is 0 Å². The first kappa shape index (κ1) is 24.0. The molecule has 3 rings (SSSR count). The first-order chi connectivity index (χ1) is 13.6. The summed E-state index contributed by atoms with van der Waals surface area (Å²) in [6.45, 7) is 13.9. The average molecular weight is 511 g/mol. The summed E-state index contributed by atoms with van der Waals surface area (Å²) in [5, 5.41) is 7.08. The summed E-state index contributed by atoms with van der Waals surface area (Å²) in [6.07, 6.45) is 6.83. The summed E-state index contributed by atoms with van der Waals surface area (Å²) in [5.74, 6) is 1.69. The lowest BCUT2D eigenvalue weighted by atomic mass is 10.0. The van der Waals surface area contributed by atoms with Crippen LogP contribution in [0.25, 0.3) is 0 Å². The van der Waals surface area contributed by atoms with Crippen LogP contribution < -0.4 is 15.5 Å². The standard InChI is InChI=1S/C23H37N5.HI/c1-4-24-23(26-21-10-14-27(15-11-21)18-19(2)3)25-17-20-8-7-9-22(16-20)28-12-5-6-13-28;/h5-9,16,19,21H,4,10-15,17-18H2,1-3H3,(H2,24,25,26);1H. The van der Waals surface area contributed by atoms with Gasteiger partial charge in [0, 0.05) is 51.0 Å². The highest BCUT2D eigenvalue weighted by Gasteiger charge is 2.20. The number of halogens is 1. The summed E-state index contributed by atoms with van der Waals surface area (Å²) in [6, 6.07) is 9.29. The number of nitrogens with zero attached hydrogens (tertiary/aromatic N) is 3. The van der Waals surface area contributed by atoms with Gasteiger partial charge in [-0.25, -0.2) is 4.99 Å². The molecule has 2 N–H and O–H groups in total. The number of hydrogen-bond donors (Lipinski definition) is 2. The van der Waals surface area contributed by atoms with Crippen molar-refractivity contribution in [3.63, 3.8) is 0 Å². The van der Waals surface area contributed by atoms with Crippen LogP contribution in [0.3, 0.4) is 0 Å². The molecule has 1 aromatic rings. The minimum absolute atomic E-state index is 0. The Labute approximate surface area is 194 Å². The third kappa shape index (κ3) is 7.81. The SMILES string of the molecule is CCNC(=NCc1cccc(N2CC=CC2)c1)NC1CCN(CC(C)C)CC1.I. The Bertz CT molecular complexity index is 657. The van der Waals surface area contributed by atoms with Gasteiger partial charge < -0.3 is 20.4 Å². The lowest BCUT2D eigenvalue weighted by molar-refractivity contribution is 0.187. The molecule has 1 fully saturated rings. The van der Waals surface area contributed by atoms with E-state index >= 15 is 0 Å². The predicted molar refractivity (Wildman–Crippen MR) is 135 cm³/mol. The molecule has 0 aliphatic carbocycles. The van der Waals surface area contributed by atoms with Crippen LogP contribution in [0.4, 0.5) is 5.69 Å². The summed E-state index contributed by atoms with van der Waals surface area (Å²) >= 11 is 0. The van der Waals surface area contributed by atoms with Crippen molar-refractivity contribution in [1.82, 2.24) is 15.5 Å². The Balaban J connectivity index is 0.00000300. The fourth-order valence-electron chi connectivity index (χ4n) is 4.00. The van der Waals surface area contributed by atoms with Crippen LogP contribution in [0.15, 0.2) is 41.4 Å². The molecule has 0 bridgehead atoms. The van der Waals surface area contributed by atoms with Crippen molar-refractivity contribution >= 4 is 35.6 Å². The largest absolute Gasteiger partial charge is 0.364 e. The average Bonchev–Trinajstić information content (AvgIpc) is 3.22. The first-order valence-electron chi connectivity index (χ1n) is 10.9. The number of aliphatic imine (C=N–C) groups is 1. The van der Waals surface area contributed by atoms with Crippen LogP contribution in [0.1, 0.15) is 39.2 Å². The quantitative estimate of drug-likeness (QED) is 0.253. The number of rotatable bonds is 7. The van der Waals surface area contributed by atoms with Crippen LogP contribution >= 0.6 is 24.0 Å². The van der Waals surface area contributed by atoms with Gasteiger partial charge >= 0.3 is 0 Å². The molecule has 0 spiro atoms. The Kier molecular flexibility index (Phi) is 10.3. The zero-order valence-corrected chi connectivity index (χ0v) is 20.6. The van der Waals surface area contributed by atoms with Gasteiger partial charge in [-0.1, -0.05) is 38.1 Å². The van der Waals surface area contributed by atoms with E-state index < -0.39 is 0 Å². The van der Waals surface area contributed by atoms with E-state index in [2.05, 4.69) is 77.6 Å². The Morgan fingerprint density at radius 2 is 1.90 bits per heavy atom. The number of guanidine groups is 1. The number of benzene rings is 1. The molecule has 0 amide bonds. The summed E-state index contributed by atoms with van der Waals surface area (Å²) in [7, 11) is 0. The molecule has 1 saturated heterocycles. The van der Waals surface area contributed by atoms with Crippen molar-refractivity contribution in [2.24, 2.45) is 10.9 Å². The van der Waals surface area contributed by atoms with E-state index in [4.69, 9.17) is 4.99 Å². The normalized spacial score (nSPS) is 18.2. The maximum absolute atomic E-state index is 4.86. The molecule has 0 radical (unpaired) electrons. The zero-order valence-electron chi connectivity index (χ0n) is 18.2. The lowest BCUT2D eigenvalue weighted by Gasteiger charge is -2.34. The van der Waals surface area contributed by atoms with Gasteiger partial charge in [0.05, 0.1) is 6.54 Å². The topological polar surface area (TPSA) is 42.9 Å². The van der Waals surface area contributed by atoms with E-state index in [9.17, 15) is 0 Å². The second-order valence-corrected chi connectivity index (χ2v) is 8.35. The summed E-state index contributed by atoms with van der Waals surface area (Å²) in [4.78, 5) is 9.83. The molecule has 6 heteroatoms. The molecular weight excluding hydrogens is 473 g/mol. The van der Waals surface area contributed by atoms with Crippen molar-refractivity contribution in [2.75, 3.05) is 44.2 Å². The van der Waals surface area contributed by atoms with E-state index in [1.54, 1.807) is 0 Å². The van der Waals surface area contributed by atoms with E-state index in [0.29, 0.717) is 12.6 Å². The molecule has 1 aromatic carbocycles. The van der Waals surface area contributed by atoms with E-state index in [1.165, 1.54) is 43.7 Å². The third-order valence-corrected chi connectivity index (χ3v) is 5.41. The summed E-state index contributed by atoms with van der Waals surface area (Å²) < 4.78 is 0. The van der Waals surface area contributed by atoms with Gasteiger partial charge in [0.15, 0.2) is 5.96 Å². The number of piperidine rings is 1. The van der Waals surface area contributed by atoms with Gasteiger partial charge in [-0.15, -0.1) is 24.0 Å². The van der Waals surface area contributed by atoms with Crippen LogP contribution in [0, 0.1) is 5.92 Å². The molecule has 162 valence electrons. The molecule has 0 aromatic heterocycles. The maximum atomic E-state index is 4.86. The highest BCUT2D eigenvalue weighted by molar-refractivity contribution is 14.0. The number of likely N-dealkylation sites (tertiary alicyclic amines) is 1. The molecule has 29 heavy (non-hydrogen) atoms. The highest BCUT2D eigenvalue weighted by Crippen LogP contribution is 2.19. The van der Waals surface area contributed by atoms with Gasteiger partial charge in [0.25, 0.3) is 0 Å². The maximum Gasteiger partial charge on any atom is 0.191 e. The van der Waals surface area contributed by atoms with Crippen molar-refractivity contribution in [1.29, 1.82) is 0 Å². The molecule has 2 aliphatic heterocycles. The molecule has 0 saturated carbocycles. The first-order valence-corrected chi connectivity index (χ1v) is 10.9. The fraction of sp³-hybridized carbons (Fsp3) is 0.609.